The first-order valence-corrected chi connectivity index (χ1v) is 5.46. The number of nitrogens with two attached hydrogens (primary N) is 1. The molecule has 0 aliphatic carbocycles. The highest BCUT2D eigenvalue weighted by Gasteiger charge is 2.01. The molecule has 1 heterocycles. The number of hydrogen-bond donors (Lipinski definition) is 1. The lowest BCUT2D eigenvalue weighted by Gasteiger charge is -2.05. The van der Waals surface area contributed by atoms with Crippen LogP contribution in [0.25, 0.3) is 5.57 Å². The van der Waals surface area contributed by atoms with Gasteiger partial charge in [0, 0.05) is 31.2 Å². The van der Waals surface area contributed by atoms with Crippen molar-refractivity contribution in [3.63, 3.8) is 0 Å². The van der Waals surface area contributed by atoms with Crippen molar-refractivity contribution in [1.82, 2.24) is 4.98 Å². The van der Waals surface area contributed by atoms with Crippen LogP contribution in [0.2, 0.25) is 0 Å². The minimum absolute atomic E-state index is 0.648. The second-order valence-electron chi connectivity index (χ2n) is 4.16. The molecule has 0 amide bonds. The molecule has 0 fully saturated rings. The zero-order valence-electron chi connectivity index (χ0n) is 10.1. The lowest BCUT2D eigenvalue weighted by molar-refractivity contribution is 0.645. The fourth-order valence-corrected chi connectivity index (χ4v) is 1.52. The van der Waals surface area contributed by atoms with Gasteiger partial charge in [-0.25, -0.2) is 0 Å². The maximum absolute atomic E-state index is 5.52. The quantitative estimate of drug-likeness (QED) is 0.787. The molecule has 0 spiro atoms. The molecule has 0 saturated heterocycles. The Balaban J connectivity index is 2.85. The van der Waals surface area contributed by atoms with E-state index in [1.165, 1.54) is 11.8 Å². The lowest BCUT2D eigenvalue weighted by atomic mass is 10.0. The third-order valence-corrected chi connectivity index (χ3v) is 2.21. The van der Waals surface area contributed by atoms with Crippen LogP contribution >= 0.6 is 0 Å². The first kappa shape index (κ1) is 12.4. The highest BCUT2D eigenvalue weighted by Crippen LogP contribution is 2.11. The van der Waals surface area contributed by atoms with Gasteiger partial charge in [0.2, 0.25) is 0 Å². The molecule has 3 nitrogen and oxygen atoms in total. The Morgan fingerprint density at radius 1 is 1.50 bits per heavy atom. The number of aliphatic imine (C=N–C) groups is 1. The Kier molecular flexibility index (Phi) is 4.70. The zero-order valence-corrected chi connectivity index (χ0v) is 10.1. The normalized spacial score (nSPS) is 12.6. The van der Waals surface area contributed by atoms with Crippen LogP contribution in [0.5, 0.6) is 0 Å². The van der Waals surface area contributed by atoms with E-state index in [1.807, 2.05) is 12.3 Å². The molecule has 1 aromatic rings. The Bertz CT molecular complexity index is 375. The third-order valence-electron chi connectivity index (χ3n) is 2.21. The van der Waals surface area contributed by atoms with Crippen LogP contribution in [0.15, 0.2) is 29.5 Å². The van der Waals surface area contributed by atoms with Gasteiger partial charge in [0.15, 0.2) is 0 Å². The standard InChI is InChI=1S/C13H19N3/c1-10(2)6-11-4-5-13(16-8-11)12(7-14)9-15-3/h4-5,7-10H,6,14H2,1-3H3/b12-7+,15-9?. The summed E-state index contributed by atoms with van der Waals surface area (Å²) >= 11 is 0. The van der Waals surface area contributed by atoms with E-state index < -0.39 is 0 Å². The predicted octanol–water partition coefficient (Wildman–Crippen LogP) is 2.28. The van der Waals surface area contributed by atoms with Crippen molar-refractivity contribution in [3.8, 4) is 0 Å². The molecule has 0 saturated carbocycles. The minimum atomic E-state index is 0.648. The SMILES string of the molecule is CN=C/C(=C\N)c1ccc(CC(C)C)cn1. The molecule has 1 rings (SSSR count). The van der Waals surface area contributed by atoms with Crippen molar-refractivity contribution in [1.29, 1.82) is 0 Å². The minimum Gasteiger partial charge on any atom is -0.404 e. The number of rotatable bonds is 4. The largest absolute Gasteiger partial charge is 0.404 e. The topological polar surface area (TPSA) is 51.3 Å². The van der Waals surface area contributed by atoms with E-state index in [-0.39, 0.29) is 0 Å². The van der Waals surface area contributed by atoms with Crippen LogP contribution in [-0.2, 0) is 6.42 Å². The van der Waals surface area contributed by atoms with E-state index in [0.717, 1.165) is 17.7 Å². The summed E-state index contributed by atoms with van der Waals surface area (Å²) in [6.07, 6.45) is 6.20. The summed E-state index contributed by atoms with van der Waals surface area (Å²) in [5.74, 6) is 0.648. The van der Waals surface area contributed by atoms with E-state index in [0.29, 0.717) is 5.92 Å². The van der Waals surface area contributed by atoms with Gasteiger partial charge in [0.1, 0.15) is 0 Å². The molecule has 0 bridgehead atoms. The molecule has 16 heavy (non-hydrogen) atoms. The smallest absolute Gasteiger partial charge is 0.0731 e. The molecular formula is C13H19N3. The Morgan fingerprint density at radius 3 is 2.69 bits per heavy atom. The average Bonchev–Trinajstić information content (AvgIpc) is 2.26. The second kappa shape index (κ2) is 6.05. The van der Waals surface area contributed by atoms with Gasteiger partial charge in [-0.2, -0.15) is 0 Å². The van der Waals surface area contributed by atoms with Crippen molar-refractivity contribution >= 4 is 11.8 Å². The molecular weight excluding hydrogens is 198 g/mol. The number of pyridine rings is 1. The fraction of sp³-hybridized carbons (Fsp3) is 0.385. The third kappa shape index (κ3) is 3.50. The van der Waals surface area contributed by atoms with E-state index in [2.05, 4.69) is 29.9 Å². The number of allylic oxidation sites excluding steroid dienone is 1. The van der Waals surface area contributed by atoms with Crippen LogP contribution in [0.1, 0.15) is 25.1 Å². The molecule has 2 N–H and O–H groups in total. The van der Waals surface area contributed by atoms with E-state index >= 15 is 0 Å². The number of nitrogens with zero attached hydrogens (tertiary/aromatic N) is 2. The summed E-state index contributed by atoms with van der Waals surface area (Å²) < 4.78 is 0. The van der Waals surface area contributed by atoms with Crippen LogP contribution in [0.3, 0.4) is 0 Å². The van der Waals surface area contributed by atoms with Crippen LogP contribution in [0.4, 0.5) is 0 Å². The Hall–Kier alpha value is -1.64. The highest BCUT2D eigenvalue weighted by atomic mass is 14.7. The zero-order chi connectivity index (χ0) is 12.0. The fourth-order valence-electron chi connectivity index (χ4n) is 1.52. The molecule has 0 aliphatic heterocycles. The summed E-state index contributed by atoms with van der Waals surface area (Å²) in [4.78, 5) is 8.32. The average molecular weight is 217 g/mol. The molecule has 0 unspecified atom stereocenters. The van der Waals surface area contributed by atoms with Gasteiger partial charge in [-0.05, 0) is 24.0 Å². The van der Waals surface area contributed by atoms with Crippen molar-refractivity contribution in [2.45, 2.75) is 20.3 Å². The van der Waals surface area contributed by atoms with E-state index in [4.69, 9.17) is 5.73 Å². The van der Waals surface area contributed by atoms with Gasteiger partial charge in [0.25, 0.3) is 0 Å². The van der Waals surface area contributed by atoms with Gasteiger partial charge < -0.3 is 5.73 Å². The van der Waals surface area contributed by atoms with E-state index in [1.54, 1.807) is 13.3 Å². The van der Waals surface area contributed by atoms with Crippen molar-refractivity contribution in [2.24, 2.45) is 16.6 Å². The molecule has 0 atom stereocenters. The van der Waals surface area contributed by atoms with Crippen molar-refractivity contribution in [3.05, 3.63) is 35.8 Å². The summed E-state index contributed by atoms with van der Waals surface area (Å²) in [6.45, 7) is 4.39. The summed E-state index contributed by atoms with van der Waals surface area (Å²) in [5, 5.41) is 0. The Labute approximate surface area is 97.1 Å². The molecule has 1 aromatic heterocycles. The maximum atomic E-state index is 5.52. The van der Waals surface area contributed by atoms with Crippen LogP contribution < -0.4 is 5.73 Å². The van der Waals surface area contributed by atoms with Crippen molar-refractivity contribution in [2.75, 3.05) is 7.05 Å². The molecule has 0 radical (unpaired) electrons. The molecule has 0 aliphatic rings. The van der Waals surface area contributed by atoms with Gasteiger partial charge in [-0.3, -0.25) is 9.98 Å². The predicted molar refractivity (Wildman–Crippen MR) is 69.4 cm³/mol. The number of aromatic nitrogens is 1. The van der Waals surface area contributed by atoms with Gasteiger partial charge >= 0.3 is 0 Å². The summed E-state index contributed by atoms with van der Waals surface area (Å²) in [5.41, 5.74) is 8.48. The highest BCUT2D eigenvalue weighted by molar-refractivity contribution is 6.08. The summed E-state index contributed by atoms with van der Waals surface area (Å²) in [7, 11) is 1.72. The summed E-state index contributed by atoms with van der Waals surface area (Å²) in [6, 6.07) is 4.08. The maximum Gasteiger partial charge on any atom is 0.0731 e. The lowest BCUT2D eigenvalue weighted by Crippen LogP contribution is -1.98. The number of hydrogen-bond acceptors (Lipinski definition) is 3. The molecule has 3 heteroatoms. The monoisotopic (exact) mass is 217 g/mol. The van der Waals surface area contributed by atoms with Gasteiger partial charge in [-0.15, -0.1) is 0 Å². The molecule has 0 aromatic carbocycles. The Morgan fingerprint density at radius 2 is 2.25 bits per heavy atom. The molecule has 86 valence electrons. The first-order valence-electron chi connectivity index (χ1n) is 5.46. The second-order valence-corrected chi connectivity index (χ2v) is 4.16. The van der Waals surface area contributed by atoms with Crippen molar-refractivity contribution < 1.29 is 0 Å². The van der Waals surface area contributed by atoms with E-state index in [9.17, 15) is 0 Å². The van der Waals surface area contributed by atoms with Crippen LogP contribution in [-0.4, -0.2) is 18.2 Å². The first-order chi connectivity index (χ1) is 7.67. The van der Waals surface area contributed by atoms with Gasteiger partial charge in [0.05, 0.1) is 5.69 Å². The van der Waals surface area contributed by atoms with Gasteiger partial charge in [-0.1, -0.05) is 19.9 Å². The van der Waals surface area contributed by atoms with Crippen LogP contribution in [0, 0.1) is 5.92 Å².